The highest BCUT2D eigenvalue weighted by atomic mass is 16.6. The van der Waals surface area contributed by atoms with Crippen LogP contribution in [-0.2, 0) is 14.3 Å². The molecule has 18 heavy (non-hydrogen) atoms. The van der Waals surface area contributed by atoms with Crippen molar-refractivity contribution in [1.29, 1.82) is 0 Å². The Morgan fingerprint density at radius 3 is 2.50 bits per heavy atom. The number of esters is 1. The molecular weight excluding hydrogens is 234 g/mol. The maximum absolute atomic E-state index is 12.3. The molecule has 102 valence electrons. The van der Waals surface area contributed by atoms with Crippen molar-refractivity contribution in [3.63, 3.8) is 0 Å². The predicted octanol–water partition coefficient (Wildman–Crippen LogP) is 1.17. The van der Waals surface area contributed by atoms with Crippen LogP contribution in [0.4, 0.5) is 0 Å². The molecule has 0 radical (unpaired) electrons. The lowest BCUT2D eigenvalue weighted by molar-refractivity contribution is -0.166. The quantitative estimate of drug-likeness (QED) is 0.724. The van der Waals surface area contributed by atoms with E-state index >= 15 is 0 Å². The first-order valence-electron chi connectivity index (χ1n) is 6.41. The van der Waals surface area contributed by atoms with Gasteiger partial charge in [0, 0.05) is 6.54 Å². The van der Waals surface area contributed by atoms with Gasteiger partial charge in [0.25, 0.3) is 0 Å². The molecule has 2 N–H and O–H groups in total. The Morgan fingerprint density at radius 2 is 1.94 bits per heavy atom. The lowest BCUT2D eigenvalue weighted by Crippen LogP contribution is -2.39. The van der Waals surface area contributed by atoms with Crippen LogP contribution in [0.1, 0.15) is 40.0 Å². The van der Waals surface area contributed by atoms with Crippen LogP contribution in [-0.4, -0.2) is 35.7 Å². The summed E-state index contributed by atoms with van der Waals surface area (Å²) < 4.78 is 5.41. The smallest absolute Gasteiger partial charge is 0.315 e. The van der Waals surface area contributed by atoms with E-state index in [1.54, 1.807) is 20.8 Å². The van der Waals surface area contributed by atoms with Crippen LogP contribution in [0.25, 0.3) is 0 Å². The van der Waals surface area contributed by atoms with Crippen LogP contribution in [0.3, 0.4) is 0 Å². The highest BCUT2D eigenvalue weighted by molar-refractivity contribution is 5.94. The van der Waals surface area contributed by atoms with E-state index < -0.39 is 22.4 Å². The van der Waals surface area contributed by atoms with Crippen molar-refractivity contribution in [3.8, 4) is 0 Å². The maximum atomic E-state index is 12.3. The van der Waals surface area contributed by atoms with Gasteiger partial charge in [-0.2, -0.15) is 0 Å². The van der Waals surface area contributed by atoms with Gasteiger partial charge in [0.05, 0.1) is 10.8 Å². The summed E-state index contributed by atoms with van der Waals surface area (Å²) in [6.07, 6.45) is 1.74. The molecule has 0 aromatic heterocycles. The van der Waals surface area contributed by atoms with Crippen LogP contribution < -0.4 is 5.32 Å². The zero-order valence-electron chi connectivity index (χ0n) is 11.2. The average Bonchev–Trinajstić information content (AvgIpc) is 2.84. The van der Waals surface area contributed by atoms with Crippen molar-refractivity contribution in [2.45, 2.75) is 45.6 Å². The van der Waals surface area contributed by atoms with E-state index in [1.807, 2.05) is 0 Å². The number of carboxylic acid groups (broad SMARTS) is 1. The number of carbonyl (C=O) groups is 2. The van der Waals surface area contributed by atoms with Gasteiger partial charge in [-0.25, -0.2) is 0 Å². The molecule has 2 unspecified atom stereocenters. The topological polar surface area (TPSA) is 75.6 Å². The second-order valence-corrected chi connectivity index (χ2v) is 6.43. The van der Waals surface area contributed by atoms with Crippen LogP contribution in [0.15, 0.2) is 0 Å². The third kappa shape index (κ3) is 1.90. The zero-order chi connectivity index (χ0) is 13.6. The third-order valence-corrected chi connectivity index (χ3v) is 3.98. The summed E-state index contributed by atoms with van der Waals surface area (Å²) in [7, 11) is 0. The zero-order valence-corrected chi connectivity index (χ0v) is 11.2. The summed E-state index contributed by atoms with van der Waals surface area (Å²) in [5.74, 6) is -1.23. The molecule has 0 spiro atoms. The van der Waals surface area contributed by atoms with Gasteiger partial charge in [-0.05, 0) is 46.6 Å². The molecule has 1 heterocycles. The normalized spacial score (nSPS) is 35.3. The monoisotopic (exact) mass is 255 g/mol. The largest absolute Gasteiger partial charge is 0.481 e. The van der Waals surface area contributed by atoms with Crippen molar-refractivity contribution in [3.05, 3.63) is 0 Å². The first-order valence-corrected chi connectivity index (χ1v) is 6.41. The molecule has 1 saturated heterocycles. The van der Waals surface area contributed by atoms with Gasteiger partial charge in [0.15, 0.2) is 0 Å². The van der Waals surface area contributed by atoms with Gasteiger partial charge in [-0.1, -0.05) is 0 Å². The minimum atomic E-state index is -0.904. The van der Waals surface area contributed by atoms with Gasteiger partial charge in [-0.3, -0.25) is 9.59 Å². The number of hydrogen-bond acceptors (Lipinski definition) is 4. The minimum absolute atomic E-state index is 0.369. The van der Waals surface area contributed by atoms with E-state index in [4.69, 9.17) is 4.74 Å². The first kappa shape index (κ1) is 13.3. The fourth-order valence-electron chi connectivity index (χ4n) is 2.95. The third-order valence-electron chi connectivity index (χ3n) is 3.98. The number of rotatable bonds is 2. The summed E-state index contributed by atoms with van der Waals surface area (Å²) in [4.78, 5) is 23.8. The van der Waals surface area contributed by atoms with E-state index in [9.17, 15) is 14.7 Å². The SMILES string of the molecule is CC(C)(C)OC(=O)C12CNCCCC1(C(=O)O)C2. The molecule has 2 atom stereocenters. The predicted molar refractivity (Wildman–Crippen MR) is 65.1 cm³/mol. The number of carbonyl (C=O) groups excluding carboxylic acids is 1. The summed E-state index contributed by atoms with van der Waals surface area (Å²) in [6.45, 7) is 6.58. The summed E-state index contributed by atoms with van der Waals surface area (Å²) in [6, 6.07) is 0. The molecule has 5 heteroatoms. The van der Waals surface area contributed by atoms with Crippen molar-refractivity contribution >= 4 is 11.9 Å². The van der Waals surface area contributed by atoms with Gasteiger partial charge in [0.1, 0.15) is 5.60 Å². The molecule has 0 aromatic carbocycles. The molecule has 5 nitrogen and oxygen atoms in total. The lowest BCUT2D eigenvalue weighted by Gasteiger charge is -2.25. The van der Waals surface area contributed by atoms with Crippen molar-refractivity contribution in [2.75, 3.05) is 13.1 Å². The molecular formula is C13H21NO4. The number of hydrogen-bond donors (Lipinski definition) is 2. The van der Waals surface area contributed by atoms with E-state index in [-0.39, 0.29) is 5.97 Å². The standard InChI is InChI=1S/C13H21NO4/c1-11(2,3)18-10(17)13-7-12(13,9(15)16)5-4-6-14-8-13/h14H,4-8H2,1-3H3,(H,15,16). The fraction of sp³-hybridized carbons (Fsp3) is 0.846. The fourth-order valence-corrected chi connectivity index (χ4v) is 2.95. The Morgan fingerprint density at radius 1 is 1.28 bits per heavy atom. The maximum Gasteiger partial charge on any atom is 0.315 e. The average molecular weight is 255 g/mol. The minimum Gasteiger partial charge on any atom is -0.481 e. The van der Waals surface area contributed by atoms with Gasteiger partial charge in [-0.15, -0.1) is 0 Å². The molecule has 0 bridgehead atoms. The summed E-state index contributed by atoms with van der Waals surface area (Å²) >= 11 is 0. The van der Waals surface area contributed by atoms with Crippen molar-refractivity contribution in [1.82, 2.24) is 5.32 Å². The van der Waals surface area contributed by atoms with E-state index in [0.29, 0.717) is 19.4 Å². The summed E-state index contributed by atoms with van der Waals surface area (Å²) in [5.41, 5.74) is -2.34. The van der Waals surface area contributed by atoms with Crippen LogP contribution in [0.5, 0.6) is 0 Å². The molecule has 1 aliphatic carbocycles. The van der Waals surface area contributed by atoms with Gasteiger partial charge < -0.3 is 15.2 Å². The Balaban J connectivity index is 2.24. The molecule has 1 saturated carbocycles. The van der Waals surface area contributed by atoms with Crippen LogP contribution in [0, 0.1) is 10.8 Å². The lowest BCUT2D eigenvalue weighted by atomic mass is 9.89. The number of nitrogens with one attached hydrogen (secondary N) is 1. The molecule has 2 rings (SSSR count). The van der Waals surface area contributed by atoms with Crippen molar-refractivity contribution in [2.24, 2.45) is 10.8 Å². The van der Waals surface area contributed by atoms with Crippen LogP contribution in [0.2, 0.25) is 0 Å². The molecule has 0 aromatic rings. The van der Waals surface area contributed by atoms with E-state index in [1.165, 1.54) is 0 Å². The molecule has 2 fully saturated rings. The molecule has 2 aliphatic rings. The molecule has 1 aliphatic heterocycles. The highest BCUT2D eigenvalue weighted by Gasteiger charge is 2.77. The second-order valence-electron chi connectivity index (χ2n) is 6.43. The van der Waals surface area contributed by atoms with E-state index in [2.05, 4.69) is 5.32 Å². The first-order chi connectivity index (χ1) is 8.24. The Labute approximate surface area is 107 Å². The van der Waals surface area contributed by atoms with Crippen LogP contribution >= 0.6 is 0 Å². The summed E-state index contributed by atoms with van der Waals surface area (Å²) in [5, 5.41) is 12.6. The number of fused-ring (bicyclic) bond motifs is 1. The van der Waals surface area contributed by atoms with Gasteiger partial charge in [0.2, 0.25) is 0 Å². The van der Waals surface area contributed by atoms with Crippen molar-refractivity contribution < 1.29 is 19.4 Å². The van der Waals surface area contributed by atoms with E-state index in [0.717, 1.165) is 13.0 Å². The van der Waals surface area contributed by atoms with Gasteiger partial charge >= 0.3 is 11.9 Å². The Hall–Kier alpha value is -1.10. The molecule has 0 amide bonds. The second kappa shape index (κ2) is 3.95. The Kier molecular flexibility index (Phi) is 2.93. The number of carboxylic acids is 1. The number of ether oxygens (including phenoxy) is 1. The number of aliphatic carboxylic acids is 1. The highest BCUT2D eigenvalue weighted by Crippen LogP contribution is 2.67. The Bertz CT molecular complexity index is 387.